The lowest BCUT2D eigenvalue weighted by Crippen LogP contribution is -2.22. The number of rotatable bonds is 8. The van der Waals surface area contributed by atoms with Gasteiger partial charge in [-0.05, 0) is 102 Å². The largest absolute Gasteiger partial charge is 0.497 e. The molecule has 2 atom stereocenters. The average Bonchev–Trinajstić information content (AvgIpc) is 3.41. The number of carbonyl (C=O) groups is 1. The zero-order valence-electron chi connectivity index (χ0n) is 23.1. The molecule has 4 nitrogen and oxygen atoms in total. The van der Waals surface area contributed by atoms with Gasteiger partial charge in [-0.1, -0.05) is 33.3 Å². The summed E-state index contributed by atoms with van der Waals surface area (Å²) < 4.78 is 42.1. The molecule has 3 aromatic carbocycles. The van der Waals surface area contributed by atoms with Gasteiger partial charge in [-0.25, -0.2) is 8.78 Å². The maximum atomic E-state index is 15.6. The topological polar surface area (TPSA) is 55.8 Å². The van der Waals surface area contributed by atoms with Crippen LogP contribution in [-0.2, 0) is 23.2 Å². The van der Waals surface area contributed by atoms with Crippen molar-refractivity contribution in [3.63, 3.8) is 0 Å². The number of ether oxygens (including phenoxy) is 2. The van der Waals surface area contributed by atoms with Gasteiger partial charge in [0.2, 0.25) is 0 Å². The van der Waals surface area contributed by atoms with Crippen LogP contribution in [0.4, 0.5) is 8.78 Å². The van der Waals surface area contributed by atoms with Gasteiger partial charge in [0.1, 0.15) is 29.7 Å². The zero-order chi connectivity index (χ0) is 27.9. The van der Waals surface area contributed by atoms with Crippen molar-refractivity contribution in [2.24, 2.45) is 5.41 Å². The fourth-order valence-electron chi connectivity index (χ4n) is 6.66. The fraction of sp³-hybridized carbons (Fsp3) is 0.424. The summed E-state index contributed by atoms with van der Waals surface area (Å²) in [6.45, 7) is 6.42. The number of benzene rings is 3. The van der Waals surface area contributed by atoms with E-state index in [1.807, 2.05) is 31.2 Å². The molecular formula is C33H36F2O4. The normalized spacial score (nSPS) is 21.5. The van der Waals surface area contributed by atoms with Gasteiger partial charge < -0.3 is 14.6 Å². The van der Waals surface area contributed by atoms with Crippen molar-refractivity contribution in [3.05, 3.63) is 82.4 Å². The van der Waals surface area contributed by atoms with Gasteiger partial charge in [-0.15, -0.1) is 0 Å². The Hall–Kier alpha value is -3.41. The Bertz CT molecular complexity index is 1410. The van der Waals surface area contributed by atoms with Crippen LogP contribution in [0.25, 0.3) is 11.1 Å². The summed E-state index contributed by atoms with van der Waals surface area (Å²) in [5.41, 5.74) is 3.88. The number of halogens is 2. The van der Waals surface area contributed by atoms with Crippen molar-refractivity contribution in [2.45, 2.75) is 77.2 Å². The van der Waals surface area contributed by atoms with E-state index in [0.29, 0.717) is 28.2 Å². The Morgan fingerprint density at radius 2 is 1.74 bits per heavy atom. The van der Waals surface area contributed by atoms with Crippen molar-refractivity contribution >= 4 is 5.97 Å². The Balaban J connectivity index is 1.50. The molecule has 2 aliphatic rings. The van der Waals surface area contributed by atoms with E-state index in [9.17, 15) is 9.90 Å². The summed E-state index contributed by atoms with van der Waals surface area (Å²) in [4.78, 5) is 11.5. The van der Waals surface area contributed by atoms with Crippen LogP contribution in [0.3, 0.4) is 0 Å². The predicted molar refractivity (Wildman–Crippen MR) is 147 cm³/mol. The average molecular weight is 535 g/mol. The molecule has 1 fully saturated rings. The third-order valence-corrected chi connectivity index (χ3v) is 8.93. The van der Waals surface area contributed by atoms with E-state index >= 15 is 8.78 Å². The van der Waals surface area contributed by atoms with Crippen molar-refractivity contribution in [1.29, 1.82) is 0 Å². The molecule has 1 N–H and O–H groups in total. The highest BCUT2D eigenvalue weighted by atomic mass is 19.1. The molecule has 6 heteroatoms. The van der Waals surface area contributed by atoms with Crippen LogP contribution >= 0.6 is 0 Å². The van der Waals surface area contributed by atoms with E-state index in [0.717, 1.165) is 48.8 Å². The summed E-state index contributed by atoms with van der Waals surface area (Å²) >= 11 is 0. The van der Waals surface area contributed by atoms with Gasteiger partial charge >= 0.3 is 5.97 Å². The zero-order valence-corrected chi connectivity index (χ0v) is 23.1. The third-order valence-electron chi connectivity index (χ3n) is 8.93. The molecule has 0 heterocycles. The second-order valence-electron chi connectivity index (χ2n) is 12.0. The molecule has 2 aliphatic carbocycles. The minimum absolute atomic E-state index is 0.00533. The Kier molecular flexibility index (Phi) is 7.17. The predicted octanol–water partition coefficient (Wildman–Crippen LogP) is 8.19. The highest BCUT2D eigenvalue weighted by Gasteiger charge is 2.38. The molecular weight excluding hydrogens is 498 g/mol. The Morgan fingerprint density at radius 3 is 2.44 bits per heavy atom. The molecule has 3 aromatic rings. The Morgan fingerprint density at radius 1 is 0.974 bits per heavy atom. The van der Waals surface area contributed by atoms with Gasteiger partial charge in [-0.3, -0.25) is 4.79 Å². The lowest BCUT2D eigenvalue weighted by molar-refractivity contribution is -0.138. The molecule has 0 saturated heterocycles. The minimum Gasteiger partial charge on any atom is -0.497 e. The van der Waals surface area contributed by atoms with E-state index < -0.39 is 23.0 Å². The van der Waals surface area contributed by atoms with Crippen LogP contribution in [0.15, 0.2) is 48.5 Å². The molecule has 0 spiro atoms. The number of hydrogen-bond donors (Lipinski definition) is 1. The number of methoxy groups -OCH3 is 1. The van der Waals surface area contributed by atoms with Crippen LogP contribution in [-0.4, -0.2) is 18.2 Å². The molecule has 39 heavy (non-hydrogen) atoms. The molecule has 0 aromatic heterocycles. The first-order valence-electron chi connectivity index (χ1n) is 13.6. The molecule has 5 rings (SSSR count). The first-order chi connectivity index (χ1) is 18.5. The van der Waals surface area contributed by atoms with E-state index in [1.54, 1.807) is 12.1 Å². The molecule has 0 aliphatic heterocycles. The second-order valence-corrected chi connectivity index (χ2v) is 12.0. The maximum absolute atomic E-state index is 15.6. The monoisotopic (exact) mass is 534 g/mol. The summed E-state index contributed by atoms with van der Waals surface area (Å²) in [5, 5.41) is 9.42. The van der Waals surface area contributed by atoms with Crippen molar-refractivity contribution in [2.75, 3.05) is 7.11 Å². The standard InChI is InChI=1S/C33H36F2O4/c1-32(2)12-5-6-27(32)25-14-21(30(35)17-24(25)26-15-22(38-4)9-10-29(26)34)19-39-23-8-7-20-11-13-33(3,18-31(36)37)28(20)16-23/h7-10,14-17,27H,5-6,11-13,18-19H2,1-4H3,(H,36,37)/t27-,33-/m0/s1. The lowest BCUT2D eigenvalue weighted by atomic mass is 9.75. The van der Waals surface area contributed by atoms with E-state index in [2.05, 4.69) is 13.8 Å². The number of fused-ring (bicyclic) bond motifs is 1. The summed E-state index contributed by atoms with van der Waals surface area (Å²) in [6, 6.07) is 13.6. The van der Waals surface area contributed by atoms with Gasteiger partial charge in [0.15, 0.2) is 0 Å². The first kappa shape index (κ1) is 27.2. The minimum atomic E-state index is -0.825. The molecule has 1 saturated carbocycles. The summed E-state index contributed by atoms with van der Waals surface area (Å²) in [7, 11) is 1.53. The van der Waals surface area contributed by atoms with Gasteiger partial charge in [0.05, 0.1) is 13.5 Å². The highest BCUT2D eigenvalue weighted by molar-refractivity contribution is 5.71. The van der Waals surface area contributed by atoms with Gasteiger partial charge in [0.25, 0.3) is 0 Å². The van der Waals surface area contributed by atoms with Crippen LogP contribution < -0.4 is 9.47 Å². The van der Waals surface area contributed by atoms with Gasteiger partial charge in [0, 0.05) is 16.5 Å². The molecule has 0 unspecified atom stereocenters. The van der Waals surface area contributed by atoms with Crippen LogP contribution in [0.2, 0.25) is 0 Å². The van der Waals surface area contributed by atoms with Crippen LogP contribution in [0, 0.1) is 17.0 Å². The van der Waals surface area contributed by atoms with Crippen molar-refractivity contribution in [1.82, 2.24) is 0 Å². The summed E-state index contributed by atoms with van der Waals surface area (Å²) in [5.74, 6) is -0.454. The lowest BCUT2D eigenvalue weighted by Gasteiger charge is -2.30. The SMILES string of the molecule is COc1ccc(F)c(-c2cc(F)c(COc3ccc4c(c3)[C@](C)(CC(=O)O)CC4)cc2[C@@H]2CCCC2(C)C)c1. The summed E-state index contributed by atoms with van der Waals surface area (Å²) in [6.07, 6.45) is 4.72. The number of hydrogen-bond acceptors (Lipinski definition) is 3. The molecule has 206 valence electrons. The molecule has 0 bridgehead atoms. The number of carboxylic acid groups (broad SMARTS) is 1. The number of aryl methyl sites for hydroxylation is 1. The smallest absolute Gasteiger partial charge is 0.304 e. The number of aliphatic carboxylic acids is 1. The molecule has 0 radical (unpaired) electrons. The third kappa shape index (κ3) is 5.26. The van der Waals surface area contributed by atoms with Gasteiger partial charge in [-0.2, -0.15) is 0 Å². The molecule has 0 amide bonds. The van der Waals surface area contributed by atoms with Crippen molar-refractivity contribution in [3.8, 4) is 22.6 Å². The van der Waals surface area contributed by atoms with Crippen LogP contribution in [0.1, 0.15) is 81.0 Å². The van der Waals surface area contributed by atoms with E-state index in [4.69, 9.17) is 9.47 Å². The quantitative estimate of drug-likeness (QED) is 0.317. The van der Waals surface area contributed by atoms with E-state index in [1.165, 1.54) is 19.2 Å². The number of carboxylic acids is 1. The second kappa shape index (κ2) is 10.3. The van der Waals surface area contributed by atoms with Crippen LogP contribution in [0.5, 0.6) is 11.5 Å². The highest BCUT2D eigenvalue weighted by Crippen LogP contribution is 2.52. The fourth-order valence-corrected chi connectivity index (χ4v) is 6.66. The van der Waals surface area contributed by atoms with Crippen molar-refractivity contribution < 1.29 is 28.2 Å². The maximum Gasteiger partial charge on any atom is 0.304 e. The first-order valence-corrected chi connectivity index (χ1v) is 13.6. The Labute approximate surface area is 229 Å². The van der Waals surface area contributed by atoms with E-state index in [-0.39, 0.29) is 24.4 Å².